The van der Waals surface area contributed by atoms with Crippen LogP contribution in [0, 0.1) is 0 Å². The van der Waals surface area contributed by atoms with Gasteiger partial charge in [-0.05, 0) is 31.9 Å². The molecule has 1 unspecified atom stereocenters. The summed E-state index contributed by atoms with van der Waals surface area (Å²) in [6.45, 7) is 4.50. The van der Waals surface area contributed by atoms with Gasteiger partial charge in [0.25, 0.3) is 5.56 Å². The monoisotopic (exact) mass is 477 g/mol. The molecule has 180 valence electrons. The lowest BCUT2D eigenvalue weighted by Crippen LogP contribution is -2.48. The number of benzene rings is 1. The minimum atomic E-state index is -3.11. The number of aromatic amines is 1. The molecule has 33 heavy (non-hydrogen) atoms. The molecular formula is C22H31N5O5S. The van der Waals surface area contributed by atoms with Crippen LogP contribution in [-0.4, -0.2) is 66.0 Å². The average molecular weight is 478 g/mol. The Morgan fingerprint density at radius 1 is 1.21 bits per heavy atom. The highest BCUT2D eigenvalue weighted by molar-refractivity contribution is 7.91. The summed E-state index contributed by atoms with van der Waals surface area (Å²) < 4.78 is 25.1. The van der Waals surface area contributed by atoms with Gasteiger partial charge in [0, 0.05) is 12.6 Å². The SMILES string of the molecule is CCCN(CC(=O)N(CC)c1c(N)n(Cc2ccccc2)c(=O)[nH]c1=O)C1CCS(=O)(=O)C1. The van der Waals surface area contributed by atoms with Crippen LogP contribution >= 0.6 is 0 Å². The second kappa shape index (κ2) is 10.3. The number of hydrogen-bond acceptors (Lipinski definition) is 7. The highest BCUT2D eigenvalue weighted by Crippen LogP contribution is 2.21. The van der Waals surface area contributed by atoms with Crippen LogP contribution in [0.5, 0.6) is 0 Å². The van der Waals surface area contributed by atoms with Gasteiger partial charge >= 0.3 is 5.69 Å². The topological polar surface area (TPSA) is 139 Å². The van der Waals surface area contributed by atoms with Gasteiger partial charge in [-0.15, -0.1) is 0 Å². The summed E-state index contributed by atoms with van der Waals surface area (Å²) in [5.41, 5.74) is 5.60. The number of likely N-dealkylation sites (N-methyl/N-ethyl adjacent to an activating group) is 1. The molecule has 3 N–H and O–H groups in total. The number of sulfone groups is 1. The molecule has 0 spiro atoms. The molecule has 1 fully saturated rings. The molecule has 2 heterocycles. The summed E-state index contributed by atoms with van der Waals surface area (Å²) in [6.07, 6.45) is 1.23. The average Bonchev–Trinajstić information content (AvgIpc) is 3.14. The van der Waals surface area contributed by atoms with E-state index in [0.29, 0.717) is 13.0 Å². The predicted molar refractivity (Wildman–Crippen MR) is 128 cm³/mol. The second-order valence-corrected chi connectivity index (χ2v) is 10.5. The Morgan fingerprint density at radius 3 is 2.48 bits per heavy atom. The van der Waals surface area contributed by atoms with Crippen LogP contribution in [0.3, 0.4) is 0 Å². The molecule has 1 aliphatic heterocycles. The first kappa shape index (κ1) is 24.7. The van der Waals surface area contributed by atoms with Crippen molar-refractivity contribution < 1.29 is 13.2 Å². The van der Waals surface area contributed by atoms with Crippen molar-refractivity contribution >= 4 is 27.2 Å². The van der Waals surface area contributed by atoms with E-state index < -0.39 is 21.1 Å². The Kier molecular flexibility index (Phi) is 7.75. The van der Waals surface area contributed by atoms with Crippen LogP contribution in [0.2, 0.25) is 0 Å². The number of H-pyrrole nitrogens is 1. The highest BCUT2D eigenvalue weighted by Gasteiger charge is 2.34. The summed E-state index contributed by atoms with van der Waals surface area (Å²) in [5.74, 6) is -0.330. The molecule has 0 aliphatic carbocycles. The third kappa shape index (κ3) is 5.72. The molecule has 1 aromatic heterocycles. The van der Waals surface area contributed by atoms with E-state index in [2.05, 4.69) is 4.98 Å². The molecule has 10 nitrogen and oxygen atoms in total. The third-order valence-corrected chi connectivity index (χ3v) is 7.61. The predicted octanol–water partition coefficient (Wildman–Crippen LogP) is 0.419. The van der Waals surface area contributed by atoms with Crippen LogP contribution in [0.15, 0.2) is 39.9 Å². The molecule has 0 radical (unpaired) electrons. The fraction of sp³-hybridized carbons (Fsp3) is 0.500. The second-order valence-electron chi connectivity index (χ2n) is 8.23. The number of carbonyl (C=O) groups excluding carboxylic acids is 1. The maximum absolute atomic E-state index is 13.3. The molecule has 1 aliphatic rings. The van der Waals surface area contributed by atoms with Gasteiger partial charge in [0.2, 0.25) is 5.91 Å². The van der Waals surface area contributed by atoms with Gasteiger partial charge in [0.05, 0.1) is 24.6 Å². The first-order valence-corrected chi connectivity index (χ1v) is 12.9. The van der Waals surface area contributed by atoms with E-state index in [1.54, 1.807) is 6.92 Å². The van der Waals surface area contributed by atoms with Gasteiger partial charge in [-0.3, -0.25) is 24.0 Å². The lowest BCUT2D eigenvalue weighted by atomic mass is 10.2. The Hall–Kier alpha value is -2.92. The Balaban J connectivity index is 1.91. The molecule has 1 aromatic carbocycles. The van der Waals surface area contributed by atoms with Crippen molar-refractivity contribution in [1.29, 1.82) is 0 Å². The normalized spacial score (nSPS) is 17.4. The van der Waals surface area contributed by atoms with Crippen LogP contribution in [0.4, 0.5) is 11.5 Å². The van der Waals surface area contributed by atoms with Crippen LogP contribution in [-0.2, 0) is 21.2 Å². The molecule has 3 rings (SSSR count). The van der Waals surface area contributed by atoms with Crippen LogP contribution in [0.25, 0.3) is 0 Å². The molecule has 0 saturated carbocycles. The number of nitrogen functional groups attached to an aromatic ring is 1. The summed E-state index contributed by atoms with van der Waals surface area (Å²) in [6, 6.07) is 8.94. The smallest absolute Gasteiger partial charge is 0.330 e. The number of aromatic nitrogens is 2. The van der Waals surface area contributed by atoms with Crippen molar-refractivity contribution in [2.75, 3.05) is 41.8 Å². The van der Waals surface area contributed by atoms with Gasteiger partial charge in [-0.25, -0.2) is 13.2 Å². The summed E-state index contributed by atoms with van der Waals surface area (Å²) in [7, 11) is -3.11. The van der Waals surface area contributed by atoms with E-state index in [-0.39, 0.29) is 54.6 Å². The molecule has 1 atom stereocenters. The first-order chi connectivity index (χ1) is 15.7. The maximum atomic E-state index is 13.3. The first-order valence-electron chi connectivity index (χ1n) is 11.1. The number of anilines is 2. The van der Waals surface area contributed by atoms with E-state index in [4.69, 9.17) is 5.73 Å². The standard InChI is InChI=1S/C22H31N5O5S/c1-3-11-25(17-10-12-33(31,32)15-17)14-18(28)26(4-2)19-20(23)27(22(30)24-21(19)29)13-16-8-6-5-7-9-16/h5-9,17H,3-4,10-15,23H2,1-2H3,(H,24,29,30). The van der Waals surface area contributed by atoms with E-state index in [0.717, 1.165) is 12.0 Å². The van der Waals surface area contributed by atoms with E-state index in [1.165, 1.54) is 9.47 Å². The Morgan fingerprint density at radius 2 is 1.91 bits per heavy atom. The number of nitrogens with one attached hydrogen (secondary N) is 1. The van der Waals surface area contributed by atoms with Gasteiger partial charge in [-0.1, -0.05) is 37.3 Å². The minimum absolute atomic E-state index is 0.0249. The molecule has 0 bridgehead atoms. The van der Waals surface area contributed by atoms with Gasteiger partial charge < -0.3 is 10.6 Å². The lowest BCUT2D eigenvalue weighted by Gasteiger charge is -2.30. The van der Waals surface area contributed by atoms with Crippen LogP contribution in [0.1, 0.15) is 32.3 Å². The van der Waals surface area contributed by atoms with Crippen molar-refractivity contribution in [1.82, 2.24) is 14.5 Å². The number of hydrogen-bond donors (Lipinski definition) is 2. The molecule has 11 heteroatoms. The molecular weight excluding hydrogens is 446 g/mol. The largest absolute Gasteiger partial charge is 0.383 e. The summed E-state index contributed by atoms with van der Waals surface area (Å²) >= 11 is 0. The van der Waals surface area contributed by atoms with E-state index >= 15 is 0 Å². The van der Waals surface area contributed by atoms with Gasteiger partial charge in [0.1, 0.15) is 5.82 Å². The minimum Gasteiger partial charge on any atom is -0.383 e. The van der Waals surface area contributed by atoms with Crippen molar-refractivity contribution in [2.45, 2.75) is 39.3 Å². The molecule has 2 aromatic rings. The third-order valence-electron chi connectivity index (χ3n) is 5.86. The lowest BCUT2D eigenvalue weighted by molar-refractivity contribution is -0.120. The van der Waals surface area contributed by atoms with Crippen molar-refractivity contribution in [3.05, 3.63) is 56.7 Å². The highest BCUT2D eigenvalue weighted by atomic mass is 32.2. The zero-order chi connectivity index (χ0) is 24.2. The fourth-order valence-corrected chi connectivity index (χ4v) is 5.98. The number of nitrogens with two attached hydrogens (primary N) is 1. The van der Waals surface area contributed by atoms with Crippen LogP contribution < -0.4 is 21.9 Å². The molecule has 1 amide bonds. The number of rotatable bonds is 9. The fourth-order valence-electron chi connectivity index (χ4n) is 4.22. The summed E-state index contributed by atoms with van der Waals surface area (Å²) in [4.78, 5) is 43.8. The van der Waals surface area contributed by atoms with Crippen molar-refractivity contribution in [2.24, 2.45) is 0 Å². The zero-order valence-corrected chi connectivity index (χ0v) is 19.8. The number of nitrogens with zero attached hydrogens (tertiary/aromatic N) is 3. The molecule has 1 saturated heterocycles. The van der Waals surface area contributed by atoms with Gasteiger partial charge in [-0.2, -0.15) is 0 Å². The number of amides is 1. The quantitative estimate of drug-likeness (QED) is 0.534. The van der Waals surface area contributed by atoms with E-state index in [1.807, 2.05) is 42.2 Å². The Bertz CT molecular complexity index is 1210. The van der Waals surface area contributed by atoms with Gasteiger partial charge in [0.15, 0.2) is 15.5 Å². The number of carbonyl (C=O) groups is 1. The Labute approximate surface area is 192 Å². The van der Waals surface area contributed by atoms with Crippen molar-refractivity contribution in [3.63, 3.8) is 0 Å². The van der Waals surface area contributed by atoms with Crippen molar-refractivity contribution in [3.8, 4) is 0 Å². The zero-order valence-electron chi connectivity index (χ0n) is 19.0. The van der Waals surface area contributed by atoms with E-state index in [9.17, 15) is 22.8 Å². The summed E-state index contributed by atoms with van der Waals surface area (Å²) in [5, 5.41) is 0. The maximum Gasteiger partial charge on any atom is 0.330 e.